The Morgan fingerprint density at radius 2 is 1.84 bits per heavy atom. The molecule has 0 atom stereocenters. The van der Waals surface area contributed by atoms with E-state index in [0.717, 1.165) is 17.7 Å². The summed E-state index contributed by atoms with van der Waals surface area (Å²) in [5, 5.41) is 8.70. The molecule has 0 aliphatic rings. The monoisotopic (exact) mass is 454 g/mol. The van der Waals surface area contributed by atoms with Gasteiger partial charge in [0.05, 0.1) is 11.3 Å². The highest BCUT2D eigenvalue weighted by Gasteiger charge is 2.30. The number of aryl methyl sites for hydroxylation is 1. The van der Waals surface area contributed by atoms with Crippen LogP contribution in [0.2, 0.25) is 0 Å². The standard InChI is InChI=1S/C22H18F4O4S/c1-13-16(9-19(30-13)15-3-5-17(6-4-15)22(24,25)26)10-29-20-8-14(2-7-18(20)23)11-31-12-21(27)28/h2-9H,10-12H2,1H3,(H,27,28). The van der Waals surface area contributed by atoms with Gasteiger partial charge in [0.15, 0.2) is 11.6 Å². The van der Waals surface area contributed by atoms with E-state index in [1.165, 1.54) is 36.0 Å². The molecule has 0 unspecified atom stereocenters. The molecule has 1 N–H and O–H groups in total. The number of ether oxygens (including phenoxy) is 1. The molecule has 9 heteroatoms. The van der Waals surface area contributed by atoms with Gasteiger partial charge in [-0.3, -0.25) is 4.79 Å². The van der Waals surface area contributed by atoms with Crippen molar-refractivity contribution in [2.75, 3.05) is 5.75 Å². The number of thioether (sulfide) groups is 1. The molecule has 0 saturated heterocycles. The lowest BCUT2D eigenvalue weighted by Crippen LogP contribution is -2.03. The molecule has 3 rings (SSSR count). The maximum atomic E-state index is 14.1. The molecule has 0 aliphatic heterocycles. The first-order valence-corrected chi connectivity index (χ1v) is 10.3. The second-order valence-corrected chi connectivity index (χ2v) is 7.69. The van der Waals surface area contributed by atoms with Crippen molar-refractivity contribution in [2.45, 2.75) is 25.5 Å². The van der Waals surface area contributed by atoms with Crippen LogP contribution in [0.1, 0.15) is 22.5 Å². The molecule has 0 bridgehead atoms. The fraction of sp³-hybridized carbons (Fsp3) is 0.227. The minimum Gasteiger partial charge on any atom is -0.486 e. The van der Waals surface area contributed by atoms with Crippen molar-refractivity contribution in [2.24, 2.45) is 0 Å². The molecule has 1 aromatic heterocycles. The maximum Gasteiger partial charge on any atom is 0.416 e. The van der Waals surface area contributed by atoms with Crippen molar-refractivity contribution in [3.63, 3.8) is 0 Å². The summed E-state index contributed by atoms with van der Waals surface area (Å²) in [6.07, 6.45) is -4.42. The van der Waals surface area contributed by atoms with Gasteiger partial charge in [0.1, 0.15) is 18.1 Å². The third kappa shape index (κ3) is 6.04. The number of rotatable bonds is 8. The molecule has 4 nitrogen and oxygen atoms in total. The number of alkyl halides is 3. The van der Waals surface area contributed by atoms with Gasteiger partial charge in [-0.15, -0.1) is 11.8 Å². The summed E-state index contributed by atoms with van der Waals surface area (Å²) in [5.41, 5.74) is 1.07. The fourth-order valence-corrected chi connectivity index (χ4v) is 3.48. The molecular formula is C22H18F4O4S. The van der Waals surface area contributed by atoms with Gasteiger partial charge >= 0.3 is 12.1 Å². The molecule has 31 heavy (non-hydrogen) atoms. The molecule has 1 heterocycles. The lowest BCUT2D eigenvalue weighted by Gasteiger charge is -2.09. The Hall–Kier alpha value is -2.94. The zero-order chi connectivity index (χ0) is 22.6. The fourth-order valence-electron chi connectivity index (χ4n) is 2.79. The molecular weight excluding hydrogens is 436 g/mol. The predicted molar refractivity (Wildman–Crippen MR) is 108 cm³/mol. The van der Waals surface area contributed by atoms with Crippen LogP contribution in [0.15, 0.2) is 52.9 Å². The second kappa shape index (κ2) is 9.47. The number of carbonyl (C=O) groups is 1. The largest absolute Gasteiger partial charge is 0.486 e. The summed E-state index contributed by atoms with van der Waals surface area (Å²) < 4.78 is 63.4. The van der Waals surface area contributed by atoms with E-state index in [0.29, 0.717) is 28.4 Å². The zero-order valence-electron chi connectivity index (χ0n) is 16.3. The quantitative estimate of drug-likeness (QED) is 0.404. The highest BCUT2D eigenvalue weighted by molar-refractivity contribution is 7.99. The molecule has 0 saturated carbocycles. The van der Waals surface area contributed by atoms with Crippen molar-refractivity contribution < 1.29 is 36.6 Å². The minimum absolute atomic E-state index is 0.00138. The number of benzene rings is 2. The third-order valence-electron chi connectivity index (χ3n) is 4.39. The number of halogens is 4. The van der Waals surface area contributed by atoms with Crippen LogP contribution in [0.3, 0.4) is 0 Å². The molecule has 0 aliphatic carbocycles. The highest BCUT2D eigenvalue weighted by Crippen LogP contribution is 2.32. The Balaban J connectivity index is 1.69. The van der Waals surface area contributed by atoms with Crippen molar-refractivity contribution in [1.82, 2.24) is 0 Å². The SMILES string of the molecule is Cc1oc(-c2ccc(C(F)(F)F)cc2)cc1COc1cc(CSCC(=O)O)ccc1F. The molecule has 3 aromatic rings. The topological polar surface area (TPSA) is 59.7 Å². The zero-order valence-corrected chi connectivity index (χ0v) is 17.1. The van der Waals surface area contributed by atoms with Crippen molar-refractivity contribution in [3.8, 4) is 17.1 Å². The Labute approximate surface area is 179 Å². The van der Waals surface area contributed by atoms with Crippen LogP contribution in [0.5, 0.6) is 5.75 Å². The molecule has 0 spiro atoms. The average Bonchev–Trinajstić information content (AvgIpc) is 3.08. The van der Waals surface area contributed by atoms with Crippen molar-refractivity contribution in [1.29, 1.82) is 0 Å². The van der Waals surface area contributed by atoms with Crippen LogP contribution in [0.4, 0.5) is 17.6 Å². The van der Waals surface area contributed by atoms with Gasteiger partial charge in [0.2, 0.25) is 0 Å². The first kappa shape index (κ1) is 22.7. The number of carboxylic acid groups (broad SMARTS) is 1. The number of aliphatic carboxylic acids is 1. The molecule has 0 amide bonds. The third-order valence-corrected chi connectivity index (χ3v) is 5.38. The van der Waals surface area contributed by atoms with E-state index in [1.807, 2.05) is 0 Å². The first-order valence-electron chi connectivity index (χ1n) is 9.11. The van der Waals surface area contributed by atoms with Crippen LogP contribution in [0, 0.1) is 12.7 Å². The maximum absolute atomic E-state index is 14.1. The number of hydrogen-bond donors (Lipinski definition) is 1. The predicted octanol–water partition coefficient (Wildman–Crippen LogP) is 6.31. The molecule has 2 aromatic carbocycles. The summed E-state index contributed by atoms with van der Waals surface area (Å²) in [6, 6.07) is 10.6. The van der Waals surface area contributed by atoms with E-state index in [4.69, 9.17) is 14.3 Å². The van der Waals surface area contributed by atoms with Crippen LogP contribution in [-0.2, 0) is 23.3 Å². The van der Waals surface area contributed by atoms with Gasteiger partial charge in [-0.2, -0.15) is 13.2 Å². The van der Waals surface area contributed by atoms with Crippen molar-refractivity contribution >= 4 is 17.7 Å². The Morgan fingerprint density at radius 3 is 2.48 bits per heavy atom. The van der Waals surface area contributed by atoms with Crippen molar-refractivity contribution in [3.05, 3.63) is 76.8 Å². The van der Waals surface area contributed by atoms with Gasteiger partial charge in [0, 0.05) is 16.9 Å². The van der Waals surface area contributed by atoms with E-state index >= 15 is 0 Å². The van der Waals surface area contributed by atoms with Gasteiger partial charge in [-0.1, -0.05) is 18.2 Å². The second-order valence-electron chi connectivity index (χ2n) is 6.71. The number of furan rings is 1. The smallest absolute Gasteiger partial charge is 0.416 e. The van der Waals surface area contributed by atoms with Gasteiger partial charge in [-0.25, -0.2) is 4.39 Å². The summed E-state index contributed by atoms with van der Waals surface area (Å²) >= 11 is 1.19. The average molecular weight is 454 g/mol. The molecule has 164 valence electrons. The molecule has 0 fully saturated rings. The summed E-state index contributed by atoms with van der Waals surface area (Å²) in [7, 11) is 0. The minimum atomic E-state index is -4.42. The number of hydrogen-bond acceptors (Lipinski definition) is 4. The van der Waals surface area contributed by atoms with E-state index < -0.39 is 23.5 Å². The van der Waals surface area contributed by atoms with E-state index in [2.05, 4.69) is 0 Å². The summed E-state index contributed by atoms with van der Waals surface area (Å²) in [4.78, 5) is 10.6. The lowest BCUT2D eigenvalue weighted by molar-refractivity contribution is -0.137. The first-order chi connectivity index (χ1) is 14.6. The van der Waals surface area contributed by atoms with Gasteiger partial charge < -0.3 is 14.3 Å². The van der Waals surface area contributed by atoms with Crippen LogP contribution in [0.25, 0.3) is 11.3 Å². The Kier molecular flexibility index (Phi) is 6.94. The summed E-state index contributed by atoms with van der Waals surface area (Å²) in [6.45, 7) is 1.68. The lowest BCUT2D eigenvalue weighted by atomic mass is 10.1. The van der Waals surface area contributed by atoms with Gasteiger partial charge in [0.25, 0.3) is 0 Å². The Morgan fingerprint density at radius 1 is 1.13 bits per heavy atom. The normalized spacial score (nSPS) is 11.5. The Bertz CT molecular complexity index is 1060. The van der Waals surface area contributed by atoms with Crippen LogP contribution < -0.4 is 4.74 Å². The van der Waals surface area contributed by atoms with Crippen LogP contribution >= 0.6 is 11.8 Å². The summed E-state index contributed by atoms with van der Waals surface area (Å²) in [5.74, 6) is -0.253. The van der Waals surface area contributed by atoms with E-state index in [-0.39, 0.29) is 18.1 Å². The number of carboxylic acids is 1. The van der Waals surface area contributed by atoms with E-state index in [1.54, 1.807) is 19.1 Å². The van der Waals surface area contributed by atoms with E-state index in [9.17, 15) is 22.4 Å². The molecule has 0 radical (unpaired) electrons. The van der Waals surface area contributed by atoms with Crippen LogP contribution in [-0.4, -0.2) is 16.8 Å². The highest BCUT2D eigenvalue weighted by atomic mass is 32.2. The van der Waals surface area contributed by atoms with Gasteiger partial charge in [-0.05, 0) is 42.8 Å².